The molecule has 1 saturated carbocycles. The molecule has 1 aromatic heterocycles. The zero-order valence-electron chi connectivity index (χ0n) is 12.9. The van der Waals surface area contributed by atoms with Crippen LogP contribution in [0.5, 0.6) is 5.75 Å². The molecule has 0 aromatic carbocycles. The normalized spacial score (nSPS) is 16.4. The SMILES string of the molecule is CCNC(CC)c1ccc(OCCN(C)C2CC2)cn1. The first-order chi connectivity index (χ1) is 9.74. The van der Waals surface area contributed by atoms with E-state index in [0.29, 0.717) is 6.04 Å². The van der Waals surface area contributed by atoms with E-state index >= 15 is 0 Å². The van der Waals surface area contributed by atoms with Gasteiger partial charge in [0.05, 0.1) is 11.9 Å². The Labute approximate surface area is 122 Å². The van der Waals surface area contributed by atoms with Crippen molar-refractivity contribution in [2.45, 2.75) is 45.2 Å². The molecule has 0 spiro atoms. The Bertz CT molecular complexity index is 389. The number of aromatic nitrogens is 1. The van der Waals surface area contributed by atoms with Gasteiger partial charge in [-0.2, -0.15) is 0 Å². The first kappa shape index (κ1) is 15.3. The summed E-state index contributed by atoms with van der Waals surface area (Å²) in [4.78, 5) is 6.89. The van der Waals surface area contributed by atoms with Gasteiger partial charge in [-0.3, -0.25) is 4.98 Å². The Morgan fingerprint density at radius 3 is 2.75 bits per heavy atom. The summed E-state index contributed by atoms with van der Waals surface area (Å²) in [7, 11) is 2.17. The molecule has 1 fully saturated rings. The van der Waals surface area contributed by atoms with Crippen LogP contribution >= 0.6 is 0 Å². The van der Waals surface area contributed by atoms with Crippen molar-refractivity contribution in [3.63, 3.8) is 0 Å². The van der Waals surface area contributed by atoms with Gasteiger partial charge in [-0.05, 0) is 45.0 Å². The zero-order valence-corrected chi connectivity index (χ0v) is 12.9. The highest BCUT2D eigenvalue weighted by Gasteiger charge is 2.25. The molecule has 1 heterocycles. The van der Waals surface area contributed by atoms with Crippen LogP contribution in [0.4, 0.5) is 0 Å². The van der Waals surface area contributed by atoms with Crippen molar-refractivity contribution in [1.29, 1.82) is 0 Å². The van der Waals surface area contributed by atoms with Crippen LogP contribution in [0.1, 0.15) is 44.8 Å². The minimum atomic E-state index is 0.343. The van der Waals surface area contributed by atoms with Gasteiger partial charge in [0.2, 0.25) is 0 Å². The highest BCUT2D eigenvalue weighted by Crippen LogP contribution is 2.25. The molecule has 4 nitrogen and oxygen atoms in total. The van der Waals surface area contributed by atoms with E-state index in [-0.39, 0.29) is 0 Å². The summed E-state index contributed by atoms with van der Waals surface area (Å²) < 4.78 is 5.76. The van der Waals surface area contributed by atoms with Gasteiger partial charge in [0.25, 0.3) is 0 Å². The number of likely N-dealkylation sites (N-methyl/N-ethyl adjacent to an activating group) is 1. The molecule has 0 bridgehead atoms. The van der Waals surface area contributed by atoms with Gasteiger partial charge in [-0.15, -0.1) is 0 Å². The van der Waals surface area contributed by atoms with E-state index in [1.807, 2.05) is 12.3 Å². The van der Waals surface area contributed by atoms with Crippen LogP contribution in [0.3, 0.4) is 0 Å². The summed E-state index contributed by atoms with van der Waals surface area (Å²) in [6, 6.07) is 5.23. The van der Waals surface area contributed by atoms with Gasteiger partial charge < -0.3 is 15.0 Å². The molecule has 0 radical (unpaired) electrons. The summed E-state index contributed by atoms with van der Waals surface area (Å²) in [5.41, 5.74) is 1.09. The fraction of sp³-hybridized carbons (Fsp3) is 0.688. The van der Waals surface area contributed by atoms with E-state index in [4.69, 9.17) is 4.74 Å². The Balaban J connectivity index is 1.78. The molecular weight excluding hydrogens is 250 g/mol. The smallest absolute Gasteiger partial charge is 0.137 e. The molecule has 0 saturated heterocycles. The fourth-order valence-corrected chi connectivity index (χ4v) is 2.39. The fourth-order valence-electron chi connectivity index (χ4n) is 2.39. The minimum Gasteiger partial charge on any atom is -0.491 e. The minimum absolute atomic E-state index is 0.343. The predicted molar refractivity (Wildman–Crippen MR) is 82.1 cm³/mol. The van der Waals surface area contributed by atoms with Crippen molar-refractivity contribution < 1.29 is 4.74 Å². The number of hydrogen-bond donors (Lipinski definition) is 1. The number of pyridine rings is 1. The van der Waals surface area contributed by atoms with Crippen molar-refractivity contribution >= 4 is 0 Å². The molecule has 1 N–H and O–H groups in total. The Morgan fingerprint density at radius 2 is 2.20 bits per heavy atom. The second-order valence-corrected chi connectivity index (χ2v) is 5.50. The molecule has 4 heteroatoms. The van der Waals surface area contributed by atoms with Crippen LogP contribution in [-0.4, -0.2) is 42.7 Å². The largest absolute Gasteiger partial charge is 0.491 e. The Hall–Kier alpha value is -1.13. The molecule has 1 atom stereocenters. The molecule has 20 heavy (non-hydrogen) atoms. The lowest BCUT2D eigenvalue weighted by Crippen LogP contribution is -2.26. The number of nitrogens with zero attached hydrogens (tertiary/aromatic N) is 2. The van der Waals surface area contributed by atoms with Crippen LogP contribution in [0.25, 0.3) is 0 Å². The second kappa shape index (κ2) is 7.60. The summed E-state index contributed by atoms with van der Waals surface area (Å²) in [5, 5.41) is 3.44. The molecule has 1 aliphatic carbocycles. The van der Waals surface area contributed by atoms with E-state index in [1.165, 1.54) is 12.8 Å². The van der Waals surface area contributed by atoms with Crippen molar-refractivity contribution in [3.05, 3.63) is 24.0 Å². The van der Waals surface area contributed by atoms with E-state index in [1.54, 1.807) is 0 Å². The third-order valence-electron chi connectivity index (χ3n) is 3.86. The molecular formula is C16H27N3O. The summed E-state index contributed by atoms with van der Waals surface area (Å²) in [6.45, 7) is 6.98. The Morgan fingerprint density at radius 1 is 1.40 bits per heavy atom. The second-order valence-electron chi connectivity index (χ2n) is 5.50. The lowest BCUT2D eigenvalue weighted by Gasteiger charge is -2.17. The molecule has 112 valence electrons. The van der Waals surface area contributed by atoms with Crippen LogP contribution in [0.15, 0.2) is 18.3 Å². The van der Waals surface area contributed by atoms with Crippen LogP contribution in [0.2, 0.25) is 0 Å². The van der Waals surface area contributed by atoms with E-state index in [2.05, 4.69) is 42.2 Å². The van der Waals surface area contributed by atoms with Crippen molar-refractivity contribution in [3.8, 4) is 5.75 Å². The monoisotopic (exact) mass is 277 g/mol. The molecule has 0 aliphatic heterocycles. The number of ether oxygens (including phenoxy) is 1. The number of hydrogen-bond acceptors (Lipinski definition) is 4. The van der Waals surface area contributed by atoms with Crippen LogP contribution in [-0.2, 0) is 0 Å². The van der Waals surface area contributed by atoms with Crippen molar-refractivity contribution in [2.24, 2.45) is 0 Å². The van der Waals surface area contributed by atoms with E-state index in [0.717, 1.165) is 43.6 Å². The van der Waals surface area contributed by atoms with Gasteiger partial charge in [-0.25, -0.2) is 0 Å². The van der Waals surface area contributed by atoms with Crippen molar-refractivity contribution in [1.82, 2.24) is 15.2 Å². The maximum atomic E-state index is 5.76. The first-order valence-corrected chi connectivity index (χ1v) is 7.77. The van der Waals surface area contributed by atoms with Gasteiger partial charge in [0, 0.05) is 18.6 Å². The summed E-state index contributed by atoms with van der Waals surface area (Å²) >= 11 is 0. The molecule has 2 rings (SSSR count). The lowest BCUT2D eigenvalue weighted by atomic mass is 10.1. The first-order valence-electron chi connectivity index (χ1n) is 7.77. The highest BCUT2D eigenvalue weighted by atomic mass is 16.5. The summed E-state index contributed by atoms with van der Waals surface area (Å²) in [6.07, 6.45) is 5.57. The third-order valence-corrected chi connectivity index (χ3v) is 3.86. The van der Waals surface area contributed by atoms with Crippen LogP contribution in [0, 0.1) is 0 Å². The number of nitrogens with one attached hydrogen (secondary N) is 1. The maximum absolute atomic E-state index is 5.76. The molecule has 1 unspecified atom stereocenters. The van der Waals surface area contributed by atoms with Crippen LogP contribution < -0.4 is 10.1 Å². The average Bonchev–Trinajstić information content (AvgIpc) is 3.30. The van der Waals surface area contributed by atoms with Gasteiger partial charge in [-0.1, -0.05) is 13.8 Å². The zero-order chi connectivity index (χ0) is 14.4. The predicted octanol–water partition coefficient (Wildman–Crippen LogP) is 2.62. The van der Waals surface area contributed by atoms with Gasteiger partial charge in [0.1, 0.15) is 12.4 Å². The maximum Gasteiger partial charge on any atom is 0.137 e. The third kappa shape index (κ3) is 4.46. The van der Waals surface area contributed by atoms with Gasteiger partial charge >= 0.3 is 0 Å². The summed E-state index contributed by atoms with van der Waals surface area (Å²) in [5.74, 6) is 0.865. The van der Waals surface area contributed by atoms with E-state index < -0.39 is 0 Å². The van der Waals surface area contributed by atoms with Crippen molar-refractivity contribution in [2.75, 3.05) is 26.7 Å². The Kier molecular flexibility index (Phi) is 5.80. The standard InChI is InChI=1S/C16H27N3O/c1-4-15(17-5-2)16-9-8-14(12-18-16)20-11-10-19(3)13-6-7-13/h8-9,12-13,15,17H,4-7,10-11H2,1-3H3. The lowest BCUT2D eigenvalue weighted by molar-refractivity contribution is 0.231. The molecule has 1 aliphatic rings. The van der Waals surface area contributed by atoms with Gasteiger partial charge in [0.15, 0.2) is 0 Å². The number of rotatable bonds is 9. The van der Waals surface area contributed by atoms with E-state index in [9.17, 15) is 0 Å². The quantitative estimate of drug-likeness (QED) is 0.753. The topological polar surface area (TPSA) is 37.4 Å². The highest BCUT2D eigenvalue weighted by molar-refractivity contribution is 5.21. The molecule has 0 amide bonds. The average molecular weight is 277 g/mol. The molecule has 1 aromatic rings.